The summed E-state index contributed by atoms with van der Waals surface area (Å²) >= 11 is 0. The predicted octanol–water partition coefficient (Wildman–Crippen LogP) is 2.68. The Labute approximate surface area is 148 Å². The molecule has 4 nitrogen and oxygen atoms in total. The Morgan fingerprint density at radius 1 is 1.00 bits per heavy atom. The molecule has 2 heterocycles. The zero-order valence-corrected chi connectivity index (χ0v) is 15.8. The number of nitrogens with two attached hydrogens (primary N) is 1. The Balaban J connectivity index is 0.00000220. The molecule has 2 aliphatic rings. The molecule has 1 amide bonds. The van der Waals surface area contributed by atoms with Crippen LogP contribution in [0.5, 0.6) is 0 Å². The maximum absolute atomic E-state index is 12.4. The molecule has 0 spiro atoms. The fourth-order valence-electron chi connectivity index (χ4n) is 3.30. The largest absolute Gasteiger partial charge is 0.341 e. The molecular formula is C16H33Cl2N3O. The summed E-state index contributed by atoms with van der Waals surface area (Å²) in [7, 11) is 0. The fourth-order valence-corrected chi connectivity index (χ4v) is 3.30. The number of piperidine rings is 2. The van der Waals surface area contributed by atoms with Crippen molar-refractivity contribution in [3.63, 3.8) is 0 Å². The molecule has 2 fully saturated rings. The van der Waals surface area contributed by atoms with E-state index in [9.17, 15) is 4.79 Å². The van der Waals surface area contributed by atoms with E-state index in [2.05, 4.69) is 4.90 Å². The van der Waals surface area contributed by atoms with Crippen LogP contribution in [0.15, 0.2) is 0 Å². The number of carbonyl (C=O) groups is 1. The number of hydrogen-bond acceptors (Lipinski definition) is 3. The van der Waals surface area contributed by atoms with Crippen LogP contribution < -0.4 is 5.73 Å². The van der Waals surface area contributed by atoms with Gasteiger partial charge in [0.15, 0.2) is 0 Å². The van der Waals surface area contributed by atoms with Gasteiger partial charge in [-0.2, -0.15) is 0 Å². The highest BCUT2D eigenvalue weighted by molar-refractivity contribution is 5.85. The van der Waals surface area contributed by atoms with Gasteiger partial charge in [0.05, 0.1) is 6.04 Å². The van der Waals surface area contributed by atoms with Crippen LogP contribution in [0.25, 0.3) is 0 Å². The van der Waals surface area contributed by atoms with E-state index in [1.807, 2.05) is 25.7 Å². The van der Waals surface area contributed by atoms with E-state index in [0.29, 0.717) is 6.04 Å². The van der Waals surface area contributed by atoms with Gasteiger partial charge < -0.3 is 15.5 Å². The molecule has 0 aromatic carbocycles. The molecule has 132 valence electrons. The Bertz CT molecular complexity index is 333. The monoisotopic (exact) mass is 353 g/mol. The first-order chi connectivity index (χ1) is 9.39. The molecule has 2 N–H and O–H groups in total. The van der Waals surface area contributed by atoms with Crippen LogP contribution in [0.3, 0.4) is 0 Å². The minimum atomic E-state index is -0.381. The Hall–Kier alpha value is -0.0300. The summed E-state index contributed by atoms with van der Waals surface area (Å²) < 4.78 is 0. The molecule has 0 aromatic heterocycles. The molecule has 0 saturated carbocycles. The van der Waals surface area contributed by atoms with E-state index < -0.39 is 0 Å². The summed E-state index contributed by atoms with van der Waals surface area (Å²) in [5, 5.41) is 0. The minimum Gasteiger partial charge on any atom is -0.341 e. The number of nitrogens with zero attached hydrogens (tertiary/aromatic N) is 2. The minimum absolute atomic E-state index is 0. The van der Waals surface area contributed by atoms with Crippen LogP contribution in [0.2, 0.25) is 0 Å². The second kappa shape index (κ2) is 9.31. The lowest BCUT2D eigenvalue weighted by atomic mass is 9.86. The van der Waals surface area contributed by atoms with Gasteiger partial charge in [-0.3, -0.25) is 4.79 Å². The average Bonchev–Trinajstić information content (AvgIpc) is 2.46. The molecule has 2 saturated heterocycles. The van der Waals surface area contributed by atoms with Crippen molar-refractivity contribution >= 4 is 30.7 Å². The highest BCUT2D eigenvalue weighted by Gasteiger charge is 2.34. The predicted molar refractivity (Wildman–Crippen MR) is 97.0 cm³/mol. The third-order valence-corrected chi connectivity index (χ3v) is 4.88. The SMILES string of the molecule is CC(C)(C)[C@H](N)C(=O)N1CCC(N2CCCCC2)CC1.Cl.Cl. The second-order valence-corrected chi connectivity index (χ2v) is 7.50. The van der Waals surface area contributed by atoms with E-state index >= 15 is 0 Å². The first kappa shape index (κ1) is 22.0. The number of likely N-dealkylation sites (tertiary alicyclic amines) is 2. The lowest BCUT2D eigenvalue weighted by molar-refractivity contribution is -0.136. The summed E-state index contributed by atoms with van der Waals surface area (Å²) in [4.78, 5) is 17.0. The Morgan fingerprint density at radius 2 is 1.50 bits per heavy atom. The first-order valence-corrected chi connectivity index (χ1v) is 8.18. The summed E-state index contributed by atoms with van der Waals surface area (Å²) in [6.45, 7) is 10.4. The first-order valence-electron chi connectivity index (χ1n) is 8.18. The van der Waals surface area contributed by atoms with E-state index in [-0.39, 0.29) is 42.2 Å². The third kappa shape index (κ3) is 5.55. The van der Waals surface area contributed by atoms with Crippen LogP contribution in [0.1, 0.15) is 52.9 Å². The topological polar surface area (TPSA) is 49.6 Å². The van der Waals surface area contributed by atoms with Crippen molar-refractivity contribution in [3.05, 3.63) is 0 Å². The quantitative estimate of drug-likeness (QED) is 0.830. The van der Waals surface area contributed by atoms with Crippen molar-refractivity contribution in [3.8, 4) is 0 Å². The van der Waals surface area contributed by atoms with Crippen LogP contribution in [0.4, 0.5) is 0 Å². The zero-order valence-electron chi connectivity index (χ0n) is 14.2. The molecule has 0 radical (unpaired) electrons. The van der Waals surface area contributed by atoms with Crippen molar-refractivity contribution in [2.45, 2.75) is 65.0 Å². The summed E-state index contributed by atoms with van der Waals surface area (Å²) in [6.07, 6.45) is 6.29. The molecule has 0 bridgehead atoms. The van der Waals surface area contributed by atoms with Gasteiger partial charge in [0.25, 0.3) is 0 Å². The summed E-state index contributed by atoms with van der Waals surface area (Å²) in [5.74, 6) is 0.134. The van der Waals surface area contributed by atoms with Crippen LogP contribution >= 0.6 is 24.8 Å². The molecular weight excluding hydrogens is 321 g/mol. The Morgan fingerprint density at radius 3 is 1.95 bits per heavy atom. The number of halogens is 2. The van der Waals surface area contributed by atoms with Gasteiger partial charge >= 0.3 is 0 Å². The second-order valence-electron chi connectivity index (χ2n) is 7.50. The van der Waals surface area contributed by atoms with Crippen LogP contribution in [0, 0.1) is 5.41 Å². The van der Waals surface area contributed by atoms with Gasteiger partial charge in [-0.05, 0) is 44.2 Å². The maximum atomic E-state index is 12.4. The van der Waals surface area contributed by atoms with Crippen LogP contribution in [-0.4, -0.2) is 54.0 Å². The maximum Gasteiger partial charge on any atom is 0.240 e. The van der Waals surface area contributed by atoms with Gasteiger partial charge in [0.2, 0.25) is 5.91 Å². The smallest absolute Gasteiger partial charge is 0.240 e. The number of hydrogen-bond donors (Lipinski definition) is 1. The van der Waals surface area contributed by atoms with E-state index in [4.69, 9.17) is 5.73 Å². The van der Waals surface area contributed by atoms with Crippen LogP contribution in [-0.2, 0) is 4.79 Å². The van der Waals surface area contributed by atoms with Gasteiger partial charge in [-0.15, -0.1) is 24.8 Å². The van der Waals surface area contributed by atoms with Crippen molar-refractivity contribution in [1.29, 1.82) is 0 Å². The highest BCUT2D eigenvalue weighted by Crippen LogP contribution is 2.24. The van der Waals surface area contributed by atoms with Crippen molar-refractivity contribution in [1.82, 2.24) is 9.80 Å². The lowest BCUT2D eigenvalue weighted by Crippen LogP contribution is -2.54. The standard InChI is InChI=1S/C16H31N3O.2ClH/c1-16(2,3)14(17)15(20)19-11-7-13(8-12-19)18-9-5-4-6-10-18;;/h13-14H,4-12,17H2,1-3H3;2*1H/t14-;;/m1../s1. The van der Waals surface area contributed by atoms with E-state index in [1.54, 1.807) is 0 Å². The van der Waals surface area contributed by atoms with Crippen molar-refractivity contribution < 1.29 is 4.79 Å². The average molecular weight is 354 g/mol. The van der Waals surface area contributed by atoms with Gasteiger partial charge in [0, 0.05) is 19.1 Å². The molecule has 2 aliphatic heterocycles. The molecule has 0 unspecified atom stereocenters. The normalized spacial score (nSPS) is 22.5. The Kier molecular flexibility index (Phi) is 9.30. The summed E-state index contributed by atoms with van der Waals surface area (Å²) in [6, 6.07) is 0.305. The third-order valence-electron chi connectivity index (χ3n) is 4.88. The van der Waals surface area contributed by atoms with Gasteiger partial charge in [0.1, 0.15) is 0 Å². The molecule has 0 aromatic rings. The molecule has 6 heteroatoms. The number of amides is 1. The molecule has 2 rings (SSSR count). The number of rotatable bonds is 2. The van der Waals surface area contributed by atoms with Crippen molar-refractivity contribution in [2.24, 2.45) is 11.1 Å². The zero-order chi connectivity index (χ0) is 14.8. The summed E-state index contributed by atoms with van der Waals surface area (Å²) in [5.41, 5.74) is 5.95. The van der Waals surface area contributed by atoms with E-state index in [1.165, 1.54) is 32.4 Å². The van der Waals surface area contributed by atoms with Gasteiger partial charge in [-0.1, -0.05) is 27.2 Å². The molecule has 0 aliphatic carbocycles. The van der Waals surface area contributed by atoms with Crippen molar-refractivity contribution in [2.75, 3.05) is 26.2 Å². The highest BCUT2D eigenvalue weighted by atomic mass is 35.5. The lowest BCUT2D eigenvalue weighted by Gasteiger charge is -2.41. The fraction of sp³-hybridized carbons (Fsp3) is 0.938. The number of carbonyl (C=O) groups excluding carboxylic acids is 1. The molecule has 22 heavy (non-hydrogen) atoms. The van der Waals surface area contributed by atoms with Gasteiger partial charge in [-0.25, -0.2) is 0 Å². The molecule has 1 atom stereocenters. The van der Waals surface area contributed by atoms with E-state index in [0.717, 1.165) is 25.9 Å².